The average molecular weight is 653 g/mol. The molecule has 0 N–H and O–H groups in total. The first-order chi connectivity index (χ1) is 36.8. The molecule has 0 aliphatic heterocycles. The van der Waals surface area contributed by atoms with Crippen molar-refractivity contribution in [2.75, 3.05) is 0 Å². The molecule has 1 aromatic heterocycles. The second kappa shape index (κ2) is 11.1. The monoisotopic (exact) mass is 652 g/mol. The van der Waals surface area contributed by atoms with E-state index in [0.29, 0.717) is 0 Å². The van der Waals surface area contributed by atoms with Gasteiger partial charge in [0.05, 0.1) is 41.1 Å². The van der Waals surface area contributed by atoms with Gasteiger partial charge in [-0.2, -0.15) is 0 Å². The maximum Gasteiger partial charge on any atom is 0.143 e. The largest absolute Gasteiger partial charge is 0.455 e. The molecule has 228 valence electrons. The van der Waals surface area contributed by atoms with Crippen LogP contribution in [0.4, 0.5) is 0 Å². The van der Waals surface area contributed by atoms with Crippen LogP contribution in [0.5, 0.6) is 0 Å². The van der Waals surface area contributed by atoms with E-state index in [1.54, 1.807) is 0 Å². The van der Waals surface area contributed by atoms with Gasteiger partial charge in [0.1, 0.15) is 11.2 Å². The van der Waals surface area contributed by atoms with Crippen molar-refractivity contribution >= 4 is 54.3 Å². The Morgan fingerprint density at radius 1 is 0.347 bits per heavy atom. The molecule has 0 atom stereocenters. The topological polar surface area (TPSA) is 13.1 Å². The third kappa shape index (κ3) is 4.40. The molecule has 10 rings (SSSR count). The van der Waals surface area contributed by atoms with Crippen molar-refractivity contribution in [3.05, 3.63) is 181 Å². The van der Waals surface area contributed by atoms with Gasteiger partial charge in [-0.15, -0.1) is 0 Å². The normalized spacial score (nSPS) is 20.2. The number of hydrogen-bond donors (Lipinski definition) is 0. The highest BCUT2D eigenvalue weighted by Gasteiger charge is 2.21. The Bertz CT molecular complexity index is 4490. The first-order valence-electron chi connectivity index (χ1n) is 29.4. The fourth-order valence-corrected chi connectivity index (χ4v) is 5.84. The minimum absolute atomic E-state index is 0.570. The number of benzene rings is 9. The van der Waals surface area contributed by atoms with Crippen LogP contribution in [0, 0.1) is 0 Å². The molecule has 1 nitrogen and oxygen atoms in total. The van der Waals surface area contributed by atoms with E-state index in [-0.39, 0.29) is 0 Å². The Balaban J connectivity index is 1.50. The summed E-state index contributed by atoms with van der Waals surface area (Å²) >= 11 is 0. The molecule has 9 aromatic carbocycles. The zero-order valence-corrected chi connectivity index (χ0v) is 24.4. The molecule has 0 unspecified atom stereocenters. The van der Waals surface area contributed by atoms with Gasteiger partial charge in [0, 0.05) is 21.9 Å². The molecule has 0 amide bonds. The summed E-state index contributed by atoms with van der Waals surface area (Å²) in [6.45, 7) is 0. The summed E-state index contributed by atoms with van der Waals surface area (Å²) in [5.74, 6) is 0. The lowest BCUT2D eigenvalue weighted by Gasteiger charge is -2.18. The predicted molar refractivity (Wildman–Crippen MR) is 208 cm³/mol. The van der Waals surface area contributed by atoms with Gasteiger partial charge in [0.2, 0.25) is 0 Å². The number of hydrogen-bond acceptors (Lipinski definition) is 1. The molecular formula is C48H30O. The third-order valence-electron chi connectivity index (χ3n) is 7.87. The van der Waals surface area contributed by atoms with Gasteiger partial charge < -0.3 is 4.42 Å². The summed E-state index contributed by atoms with van der Waals surface area (Å²) in [5.41, 5.74) is -7.93. The molecule has 0 saturated carbocycles. The number of fused-ring (bicyclic) bond motifs is 6. The standard InChI is InChI=1S/C48H30O/c1-2-14-32(15-3-1)37-23-12-26-44-47(37)43-25-11-24-42(48(43)49-44)46-40-21-8-6-19-38(40)45(39-20-7-9-22-41(39)46)36-18-10-17-34(30-36)35-28-27-31-13-4-5-16-33(31)29-35/h1-30H/i1D,2D,3D,4D,5D,6D,7D,8D,9D,10D,11D,12D,13D,14D,15D,16D,17D,18D,19D,20D,21D,22D,23D,24D,25D,26D,27D,28D,29D,30D. The first kappa shape index (κ1) is 11.1. The minimum Gasteiger partial charge on any atom is -0.455 e. The van der Waals surface area contributed by atoms with E-state index in [9.17, 15) is 13.7 Å². The minimum atomic E-state index is -1.11. The molecule has 1 heteroatoms. The van der Waals surface area contributed by atoms with Gasteiger partial charge >= 0.3 is 0 Å². The second-order valence-electron chi connectivity index (χ2n) is 10.5. The lowest BCUT2D eigenvalue weighted by molar-refractivity contribution is 0.670. The van der Waals surface area contributed by atoms with E-state index in [2.05, 4.69) is 0 Å². The number of para-hydroxylation sites is 1. The van der Waals surface area contributed by atoms with Crippen molar-refractivity contribution in [1.29, 1.82) is 0 Å². The van der Waals surface area contributed by atoms with Crippen LogP contribution < -0.4 is 0 Å². The number of rotatable bonds is 4. The van der Waals surface area contributed by atoms with Crippen LogP contribution in [0.3, 0.4) is 0 Å². The summed E-state index contributed by atoms with van der Waals surface area (Å²) in [7, 11) is 0. The van der Waals surface area contributed by atoms with E-state index < -0.39 is 280 Å². The van der Waals surface area contributed by atoms with Gasteiger partial charge in [-0.25, -0.2) is 0 Å². The van der Waals surface area contributed by atoms with Crippen LogP contribution in [0.15, 0.2) is 186 Å². The highest BCUT2D eigenvalue weighted by molar-refractivity contribution is 6.25. The fraction of sp³-hybridized carbons (Fsp3) is 0. The lowest BCUT2D eigenvalue weighted by Crippen LogP contribution is -1.91. The maximum absolute atomic E-state index is 9.84. The van der Waals surface area contributed by atoms with Gasteiger partial charge in [-0.05, 0) is 83.8 Å². The van der Waals surface area contributed by atoms with Crippen molar-refractivity contribution in [2.24, 2.45) is 0 Å². The molecule has 0 bridgehead atoms. The molecule has 0 fully saturated rings. The summed E-state index contributed by atoms with van der Waals surface area (Å²) in [6.07, 6.45) is 0. The molecular weight excluding hydrogens is 593 g/mol. The summed E-state index contributed by atoms with van der Waals surface area (Å²) in [5, 5.41) is -5.67. The molecule has 1 heterocycles. The van der Waals surface area contributed by atoms with Gasteiger partial charge in [-0.1, -0.05) is 163 Å². The van der Waals surface area contributed by atoms with Crippen molar-refractivity contribution in [2.45, 2.75) is 0 Å². The van der Waals surface area contributed by atoms with E-state index in [4.69, 9.17) is 31.8 Å². The first-order valence-corrected chi connectivity index (χ1v) is 14.4. The third-order valence-corrected chi connectivity index (χ3v) is 7.87. The highest BCUT2D eigenvalue weighted by atomic mass is 16.3. The Morgan fingerprint density at radius 2 is 0.898 bits per heavy atom. The predicted octanol–water partition coefficient (Wildman–Crippen LogP) is 13.7. The van der Waals surface area contributed by atoms with Crippen molar-refractivity contribution in [3.8, 4) is 44.5 Å². The zero-order chi connectivity index (χ0) is 58.4. The second-order valence-corrected chi connectivity index (χ2v) is 10.5. The van der Waals surface area contributed by atoms with Crippen LogP contribution in [0.1, 0.15) is 41.1 Å². The van der Waals surface area contributed by atoms with E-state index in [1.165, 1.54) is 0 Å². The van der Waals surface area contributed by atoms with E-state index in [1.807, 2.05) is 0 Å². The smallest absolute Gasteiger partial charge is 0.143 e. The molecule has 10 aromatic rings. The van der Waals surface area contributed by atoms with Crippen LogP contribution in [0.2, 0.25) is 0 Å². The Hall–Kier alpha value is -6.44. The lowest BCUT2D eigenvalue weighted by atomic mass is 9.85. The Labute approximate surface area is 326 Å². The summed E-state index contributed by atoms with van der Waals surface area (Å²) in [6, 6.07) is -29.2. The maximum atomic E-state index is 9.84. The average Bonchev–Trinajstić information content (AvgIpc) is 4.02. The molecule has 0 spiro atoms. The summed E-state index contributed by atoms with van der Waals surface area (Å²) < 4.78 is 276. The summed E-state index contributed by atoms with van der Waals surface area (Å²) in [4.78, 5) is 0. The quantitative estimate of drug-likeness (QED) is 0.172. The molecule has 0 aliphatic carbocycles. The van der Waals surface area contributed by atoms with Crippen LogP contribution in [0.25, 0.3) is 98.8 Å². The van der Waals surface area contributed by atoms with Crippen LogP contribution in [-0.4, -0.2) is 0 Å². The highest BCUT2D eigenvalue weighted by Crippen LogP contribution is 2.47. The van der Waals surface area contributed by atoms with Crippen molar-refractivity contribution < 1.29 is 45.5 Å². The van der Waals surface area contributed by atoms with Crippen LogP contribution in [-0.2, 0) is 0 Å². The zero-order valence-electron chi connectivity index (χ0n) is 54.4. The Kier molecular flexibility index (Phi) is 2.50. The van der Waals surface area contributed by atoms with E-state index in [0.717, 1.165) is 0 Å². The van der Waals surface area contributed by atoms with Gasteiger partial charge in [0.25, 0.3) is 0 Å². The van der Waals surface area contributed by atoms with Crippen molar-refractivity contribution in [3.63, 3.8) is 0 Å². The molecule has 49 heavy (non-hydrogen) atoms. The SMILES string of the molecule is [2H]c1c([2H])c([2H])c(-c2c([2H])c([2H])c([2H])c3oc4c(-c5c6c([2H])c([2H])c([2H])c([2H])c6c(-c6c([2H])c([2H])c([2H])c(-c7c([2H])c([2H])c8c([2H])c([2H])c([2H])c([2H])c8c7[2H])c6[2H])c6c([2H])c([2H])c([2H])c([2H])c56)c([2H])c([2H])c([2H])c4c23)c([2H])c1[2H]. The fourth-order valence-electron chi connectivity index (χ4n) is 5.84. The molecule has 0 radical (unpaired) electrons. The molecule has 0 saturated heterocycles. The van der Waals surface area contributed by atoms with Crippen molar-refractivity contribution in [1.82, 2.24) is 0 Å². The molecule has 0 aliphatic rings. The Morgan fingerprint density at radius 3 is 1.67 bits per heavy atom. The van der Waals surface area contributed by atoms with Gasteiger partial charge in [-0.3, -0.25) is 0 Å². The van der Waals surface area contributed by atoms with Crippen LogP contribution >= 0.6 is 0 Å². The van der Waals surface area contributed by atoms with Gasteiger partial charge in [0.15, 0.2) is 0 Å². The number of furan rings is 1. The van der Waals surface area contributed by atoms with E-state index >= 15 is 0 Å².